The third kappa shape index (κ3) is 3.51. The standard InChI is InChI=1S/C10H18N2O3/c1-12(6-3-9(14)15)8(13)7-10(11)4-2-5-10/h2-7,11H2,1H3,(H,14,15). The monoisotopic (exact) mass is 214 g/mol. The molecule has 1 aliphatic carbocycles. The van der Waals surface area contributed by atoms with Crippen molar-refractivity contribution in [1.29, 1.82) is 0 Å². The zero-order chi connectivity index (χ0) is 11.5. The molecule has 1 fully saturated rings. The Kier molecular flexibility index (Phi) is 3.68. The van der Waals surface area contributed by atoms with E-state index in [2.05, 4.69) is 0 Å². The van der Waals surface area contributed by atoms with E-state index >= 15 is 0 Å². The van der Waals surface area contributed by atoms with Gasteiger partial charge in [0.2, 0.25) is 5.91 Å². The molecule has 1 amide bonds. The molecule has 1 saturated carbocycles. The number of carboxylic acid groups (broad SMARTS) is 1. The van der Waals surface area contributed by atoms with Crippen LogP contribution in [-0.4, -0.2) is 41.0 Å². The Morgan fingerprint density at radius 1 is 1.47 bits per heavy atom. The topological polar surface area (TPSA) is 83.6 Å². The molecular weight excluding hydrogens is 196 g/mol. The average Bonchev–Trinajstić information content (AvgIpc) is 2.11. The SMILES string of the molecule is CN(CCC(=O)O)C(=O)CC1(N)CCC1. The predicted octanol–water partition coefficient (Wildman–Crippen LogP) is 0.191. The first kappa shape index (κ1) is 12.0. The first-order valence-electron chi connectivity index (χ1n) is 5.18. The fourth-order valence-electron chi connectivity index (χ4n) is 1.63. The van der Waals surface area contributed by atoms with Gasteiger partial charge in [-0.1, -0.05) is 0 Å². The van der Waals surface area contributed by atoms with Crippen molar-refractivity contribution < 1.29 is 14.7 Å². The highest BCUT2D eigenvalue weighted by molar-refractivity contribution is 5.78. The van der Waals surface area contributed by atoms with Crippen molar-refractivity contribution in [3.05, 3.63) is 0 Å². The summed E-state index contributed by atoms with van der Waals surface area (Å²) in [5.74, 6) is -0.945. The predicted molar refractivity (Wildman–Crippen MR) is 55.3 cm³/mol. The molecule has 0 bridgehead atoms. The average molecular weight is 214 g/mol. The molecule has 5 heteroatoms. The maximum atomic E-state index is 11.6. The molecule has 0 radical (unpaired) electrons. The van der Waals surface area contributed by atoms with E-state index in [1.807, 2.05) is 0 Å². The van der Waals surface area contributed by atoms with Crippen molar-refractivity contribution in [2.45, 2.75) is 37.6 Å². The molecule has 0 aromatic heterocycles. The summed E-state index contributed by atoms with van der Waals surface area (Å²) in [6.45, 7) is 0.254. The third-order valence-electron chi connectivity index (χ3n) is 2.94. The molecule has 0 aliphatic heterocycles. The zero-order valence-electron chi connectivity index (χ0n) is 9.03. The minimum atomic E-state index is -0.888. The Balaban J connectivity index is 2.29. The second kappa shape index (κ2) is 4.61. The minimum Gasteiger partial charge on any atom is -0.481 e. The van der Waals surface area contributed by atoms with Crippen molar-refractivity contribution in [2.75, 3.05) is 13.6 Å². The summed E-state index contributed by atoms with van der Waals surface area (Å²) in [6, 6.07) is 0. The summed E-state index contributed by atoms with van der Waals surface area (Å²) < 4.78 is 0. The van der Waals surface area contributed by atoms with Crippen molar-refractivity contribution in [3.8, 4) is 0 Å². The number of rotatable bonds is 5. The number of carbonyl (C=O) groups excluding carboxylic acids is 1. The lowest BCUT2D eigenvalue weighted by Crippen LogP contribution is -2.50. The third-order valence-corrected chi connectivity index (χ3v) is 2.94. The van der Waals surface area contributed by atoms with Gasteiger partial charge < -0.3 is 15.7 Å². The lowest BCUT2D eigenvalue weighted by Gasteiger charge is -2.38. The van der Waals surface area contributed by atoms with E-state index in [4.69, 9.17) is 10.8 Å². The fraction of sp³-hybridized carbons (Fsp3) is 0.800. The van der Waals surface area contributed by atoms with Gasteiger partial charge >= 0.3 is 5.97 Å². The lowest BCUT2D eigenvalue weighted by atomic mass is 9.75. The quantitative estimate of drug-likeness (QED) is 0.684. The molecule has 1 rings (SSSR count). The largest absolute Gasteiger partial charge is 0.481 e. The second-order valence-electron chi connectivity index (χ2n) is 4.35. The van der Waals surface area contributed by atoms with Crippen molar-refractivity contribution in [3.63, 3.8) is 0 Å². The highest BCUT2D eigenvalue weighted by Crippen LogP contribution is 2.32. The van der Waals surface area contributed by atoms with E-state index < -0.39 is 5.97 Å². The maximum Gasteiger partial charge on any atom is 0.305 e. The van der Waals surface area contributed by atoms with E-state index in [0.29, 0.717) is 6.42 Å². The van der Waals surface area contributed by atoms with Crippen LogP contribution in [0.3, 0.4) is 0 Å². The van der Waals surface area contributed by atoms with E-state index in [9.17, 15) is 9.59 Å². The van der Waals surface area contributed by atoms with Crippen LogP contribution in [0.5, 0.6) is 0 Å². The van der Waals surface area contributed by atoms with Crippen molar-refractivity contribution in [2.24, 2.45) is 5.73 Å². The maximum absolute atomic E-state index is 11.6. The summed E-state index contributed by atoms with van der Waals surface area (Å²) in [4.78, 5) is 23.4. The zero-order valence-corrected chi connectivity index (χ0v) is 9.03. The molecule has 0 aromatic rings. The normalized spacial score (nSPS) is 18.0. The minimum absolute atomic E-state index is 0.0141. The number of hydrogen-bond donors (Lipinski definition) is 2. The molecule has 86 valence electrons. The summed E-state index contributed by atoms with van der Waals surface area (Å²) in [5.41, 5.74) is 5.61. The van der Waals surface area contributed by atoms with Crippen LogP contribution in [0.25, 0.3) is 0 Å². The Bertz CT molecular complexity index is 261. The van der Waals surface area contributed by atoms with Gasteiger partial charge in [-0.25, -0.2) is 0 Å². The Morgan fingerprint density at radius 2 is 2.07 bits per heavy atom. The van der Waals surface area contributed by atoms with Gasteiger partial charge in [-0.2, -0.15) is 0 Å². The number of nitrogens with zero attached hydrogens (tertiary/aromatic N) is 1. The van der Waals surface area contributed by atoms with Gasteiger partial charge in [0.15, 0.2) is 0 Å². The van der Waals surface area contributed by atoms with Gasteiger partial charge in [-0.05, 0) is 19.3 Å². The molecule has 0 saturated heterocycles. The van der Waals surface area contributed by atoms with Gasteiger partial charge in [-0.3, -0.25) is 9.59 Å². The van der Waals surface area contributed by atoms with Gasteiger partial charge in [0.25, 0.3) is 0 Å². The van der Waals surface area contributed by atoms with Crippen molar-refractivity contribution in [1.82, 2.24) is 4.90 Å². The Morgan fingerprint density at radius 3 is 2.47 bits per heavy atom. The first-order chi connectivity index (χ1) is 6.93. The summed E-state index contributed by atoms with van der Waals surface area (Å²) in [7, 11) is 1.62. The summed E-state index contributed by atoms with van der Waals surface area (Å²) in [6.07, 6.45) is 3.20. The number of hydrogen-bond acceptors (Lipinski definition) is 3. The molecular formula is C10H18N2O3. The van der Waals surface area contributed by atoms with E-state index in [1.54, 1.807) is 7.05 Å². The summed E-state index contributed by atoms with van der Waals surface area (Å²) in [5, 5.41) is 8.47. The number of carbonyl (C=O) groups is 2. The van der Waals surface area contributed by atoms with Crippen LogP contribution < -0.4 is 5.73 Å². The summed E-state index contributed by atoms with van der Waals surface area (Å²) >= 11 is 0. The number of aliphatic carboxylic acids is 1. The fourth-order valence-corrected chi connectivity index (χ4v) is 1.63. The molecule has 0 aromatic carbocycles. The van der Waals surface area contributed by atoms with Crippen LogP contribution in [0.15, 0.2) is 0 Å². The molecule has 15 heavy (non-hydrogen) atoms. The van der Waals surface area contributed by atoms with Gasteiger partial charge in [0.1, 0.15) is 0 Å². The van der Waals surface area contributed by atoms with E-state index in [-0.39, 0.29) is 24.4 Å². The van der Waals surface area contributed by atoms with Gasteiger partial charge in [-0.15, -0.1) is 0 Å². The highest BCUT2D eigenvalue weighted by atomic mass is 16.4. The highest BCUT2D eigenvalue weighted by Gasteiger charge is 2.35. The van der Waals surface area contributed by atoms with E-state index in [1.165, 1.54) is 4.90 Å². The number of amides is 1. The molecule has 0 spiro atoms. The molecule has 0 heterocycles. The van der Waals surface area contributed by atoms with Crippen LogP contribution in [-0.2, 0) is 9.59 Å². The molecule has 0 atom stereocenters. The lowest BCUT2D eigenvalue weighted by molar-refractivity contribution is -0.138. The van der Waals surface area contributed by atoms with Gasteiger partial charge in [0, 0.05) is 25.6 Å². The molecule has 1 aliphatic rings. The second-order valence-corrected chi connectivity index (χ2v) is 4.35. The Labute approximate surface area is 89.2 Å². The van der Waals surface area contributed by atoms with Crippen LogP contribution in [0.4, 0.5) is 0 Å². The molecule has 5 nitrogen and oxygen atoms in total. The molecule has 3 N–H and O–H groups in total. The number of nitrogens with two attached hydrogens (primary N) is 1. The van der Waals surface area contributed by atoms with Crippen molar-refractivity contribution >= 4 is 11.9 Å². The first-order valence-corrected chi connectivity index (χ1v) is 5.18. The van der Waals surface area contributed by atoms with Gasteiger partial charge in [0.05, 0.1) is 6.42 Å². The number of carboxylic acids is 1. The molecule has 0 unspecified atom stereocenters. The smallest absolute Gasteiger partial charge is 0.305 e. The van der Waals surface area contributed by atoms with E-state index in [0.717, 1.165) is 19.3 Å². The van der Waals surface area contributed by atoms with Crippen LogP contribution in [0.2, 0.25) is 0 Å². The van der Waals surface area contributed by atoms with Crippen LogP contribution in [0, 0.1) is 0 Å². The van der Waals surface area contributed by atoms with Crippen LogP contribution >= 0.6 is 0 Å². The van der Waals surface area contributed by atoms with Crippen LogP contribution in [0.1, 0.15) is 32.1 Å². The Hall–Kier alpha value is -1.10.